The Labute approximate surface area is 353 Å². The predicted molar refractivity (Wildman–Crippen MR) is 228 cm³/mol. The molecule has 0 radical (unpaired) electrons. The van der Waals surface area contributed by atoms with Crippen molar-refractivity contribution in [1.29, 1.82) is 0 Å². The normalized spacial score (nSPS) is 12.3. The van der Waals surface area contributed by atoms with Gasteiger partial charge in [-0.15, -0.1) is 12.6 Å². The summed E-state index contributed by atoms with van der Waals surface area (Å²) in [6, 6.07) is -1.68. The minimum atomic E-state index is -0.861. The highest BCUT2D eigenvalue weighted by molar-refractivity contribution is 7.81. The fourth-order valence-electron chi connectivity index (χ4n) is 5.20. The Morgan fingerprint density at radius 1 is 0.589 bits per heavy atom. The molecule has 0 rings (SSSR count). The second-order valence-electron chi connectivity index (χ2n) is 12.8. The van der Waals surface area contributed by atoms with Gasteiger partial charge in [0.25, 0.3) is 6.47 Å². The van der Waals surface area contributed by atoms with Crippen LogP contribution in [0.2, 0.25) is 0 Å². The number of thiol groups is 4. The highest BCUT2D eigenvalue weighted by Gasteiger charge is 2.23. The van der Waals surface area contributed by atoms with Crippen LogP contribution >= 0.6 is 50.5 Å². The Kier molecular flexibility index (Phi) is 33.5. The van der Waals surface area contributed by atoms with Crippen LogP contribution in [-0.2, 0) is 43.1 Å². The number of nitrogens with one attached hydrogen (secondary N) is 6. The van der Waals surface area contributed by atoms with E-state index in [4.69, 9.17) is 5.73 Å². The molecule has 0 heterocycles. The maximum atomic E-state index is 13.2. The van der Waals surface area contributed by atoms with Crippen LogP contribution in [0.15, 0.2) is 0 Å². The first-order chi connectivity index (χ1) is 26.9. The fourth-order valence-corrected chi connectivity index (χ4v) is 6.03. The van der Waals surface area contributed by atoms with E-state index in [0.717, 1.165) is 12.8 Å². The summed E-state index contributed by atoms with van der Waals surface area (Å²) in [7, 11) is 0. The molecule has 8 N–H and O–H groups in total. The summed E-state index contributed by atoms with van der Waals surface area (Å²) in [5, 5.41) is 16.6. The summed E-state index contributed by atoms with van der Waals surface area (Å²) in [5.74, 6) is -1.05. The van der Waals surface area contributed by atoms with Gasteiger partial charge >= 0.3 is 0 Å². The average molecular weight is 869 g/mol. The van der Waals surface area contributed by atoms with E-state index >= 15 is 0 Å². The van der Waals surface area contributed by atoms with E-state index in [-0.39, 0.29) is 94.3 Å². The smallest absolute Gasteiger partial charge is 0.294 e. The van der Waals surface area contributed by atoms with Crippen molar-refractivity contribution in [2.45, 2.75) is 107 Å². The number of nitrogens with two attached hydrogens (primary N) is 1. The van der Waals surface area contributed by atoms with Gasteiger partial charge in [-0.1, -0.05) is 6.42 Å². The van der Waals surface area contributed by atoms with Gasteiger partial charge in [-0.2, -0.15) is 37.9 Å². The number of carbonyl (C=O) groups excluding carboxylic acids is 8. The number of hydrogen-bond donors (Lipinski definition) is 11. The van der Waals surface area contributed by atoms with Crippen LogP contribution in [0.5, 0.6) is 0 Å². The van der Waals surface area contributed by atoms with Crippen molar-refractivity contribution in [1.82, 2.24) is 36.8 Å². The lowest BCUT2D eigenvalue weighted by atomic mass is 10.1. The molecule has 322 valence electrons. The van der Waals surface area contributed by atoms with Gasteiger partial charge in [0.15, 0.2) is 5.44 Å². The lowest BCUT2D eigenvalue weighted by Gasteiger charge is -2.25. The topological polar surface area (TPSA) is 247 Å². The van der Waals surface area contributed by atoms with Crippen molar-refractivity contribution in [3.8, 4) is 0 Å². The standard InChI is InChI=1S/C35H64N8O9S4/c36-14-5-1-2-10-32(49)43(19-17-39-34(50)26(41-29(46)12-22-54)8-3-6-15-37-28(45)11-21-53)20-18-40-35(51)27(42-30(47)13-23-55)9-4-7-16-38-31(48)24-33(56)52-25-44/h25-27,33,53-56H,1-24,36H2,(H,37,45)(H,38,48)(H,39,50)(H,40,51)(H,41,46)(H,42,47)/t26-,27-,33?/m0/s1. The van der Waals surface area contributed by atoms with Gasteiger partial charge < -0.3 is 47.3 Å². The van der Waals surface area contributed by atoms with Crippen LogP contribution in [0.3, 0.4) is 0 Å². The Bertz CT molecular complexity index is 1190. The second-order valence-corrected chi connectivity index (χ2v) is 14.7. The van der Waals surface area contributed by atoms with Crippen LogP contribution in [0.1, 0.15) is 89.9 Å². The second kappa shape index (κ2) is 35.3. The Balaban J connectivity index is 5.35. The molecule has 0 aromatic carbocycles. The van der Waals surface area contributed by atoms with Gasteiger partial charge in [0.05, 0.1) is 6.42 Å². The molecule has 17 nitrogen and oxygen atoms in total. The number of rotatable bonds is 35. The molecule has 3 atom stereocenters. The van der Waals surface area contributed by atoms with E-state index in [9.17, 15) is 38.4 Å². The molecule has 0 aliphatic heterocycles. The van der Waals surface area contributed by atoms with Gasteiger partial charge in [0, 0.05) is 65.0 Å². The van der Waals surface area contributed by atoms with Gasteiger partial charge in [-0.05, 0) is 75.2 Å². The Morgan fingerprint density at radius 2 is 1.07 bits per heavy atom. The summed E-state index contributed by atoms with van der Waals surface area (Å²) in [6.45, 7) is 1.93. The molecule has 0 aromatic rings. The van der Waals surface area contributed by atoms with Gasteiger partial charge in [-0.3, -0.25) is 38.4 Å². The number of carbonyl (C=O) groups is 8. The van der Waals surface area contributed by atoms with Crippen molar-refractivity contribution in [3.05, 3.63) is 0 Å². The molecule has 0 aromatic heterocycles. The van der Waals surface area contributed by atoms with Crippen molar-refractivity contribution in [2.75, 3.05) is 63.1 Å². The van der Waals surface area contributed by atoms with Crippen LogP contribution in [0.4, 0.5) is 0 Å². The van der Waals surface area contributed by atoms with Crippen LogP contribution in [-0.4, -0.2) is 133 Å². The van der Waals surface area contributed by atoms with Crippen molar-refractivity contribution >= 4 is 98.3 Å². The first-order valence-electron chi connectivity index (χ1n) is 19.2. The van der Waals surface area contributed by atoms with Gasteiger partial charge in [-0.25, -0.2) is 0 Å². The van der Waals surface area contributed by atoms with Crippen molar-refractivity contribution in [3.63, 3.8) is 0 Å². The quantitative estimate of drug-likeness (QED) is 0.0175. The molecule has 0 aliphatic carbocycles. The number of hydrogen-bond acceptors (Lipinski definition) is 14. The molecule has 21 heteroatoms. The molecular formula is C35H64N8O9S4. The zero-order valence-electron chi connectivity index (χ0n) is 32.3. The third-order valence-electron chi connectivity index (χ3n) is 8.19. The summed E-state index contributed by atoms with van der Waals surface area (Å²) in [4.78, 5) is 100. The minimum absolute atomic E-state index is 0.0804. The molecule has 1 unspecified atom stereocenters. The van der Waals surface area contributed by atoms with Gasteiger partial charge in [0.1, 0.15) is 12.1 Å². The zero-order chi connectivity index (χ0) is 42.0. The molecule has 0 bridgehead atoms. The first-order valence-corrected chi connectivity index (χ1v) is 21.6. The lowest BCUT2D eigenvalue weighted by Crippen LogP contribution is -2.50. The lowest BCUT2D eigenvalue weighted by molar-refractivity contribution is -0.133. The third kappa shape index (κ3) is 28.5. The zero-order valence-corrected chi connectivity index (χ0v) is 35.8. The largest absolute Gasteiger partial charge is 0.453 e. The maximum absolute atomic E-state index is 13.2. The first kappa shape index (κ1) is 53.1. The summed E-state index contributed by atoms with van der Waals surface area (Å²) in [6.07, 6.45) is 5.70. The van der Waals surface area contributed by atoms with E-state index in [2.05, 4.69) is 87.2 Å². The summed E-state index contributed by atoms with van der Waals surface area (Å²) in [5.41, 5.74) is 4.75. The SMILES string of the molecule is NCCCCCC(=O)N(CCNC(=O)[C@H](CCCCNC(=O)CCS)NC(=O)CCS)CCNC(=O)[C@H](CCCCNC(=O)CC(S)OC=O)NC(=O)CCS. The molecular weight excluding hydrogens is 805 g/mol. The number of unbranched alkanes of at least 4 members (excludes halogenated alkanes) is 4. The predicted octanol–water partition coefficient (Wildman–Crippen LogP) is -0.112. The highest BCUT2D eigenvalue weighted by atomic mass is 32.1. The van der Waals surface area contributed by atoms with E-state index < -0.39 is 29.3 Å². The average Bonchev–Trinajstić information content (AvgIpc) is 3.14. The molecule has 0 saturated carbocycles. The number of ether oxygens (including phenoxy) is 1. The highest BCUT2D eigenvalue weighted by Crippen LogP contribution is 2.07. The molecule has 56 heavy (non-hydrogen) atoms. The molecule has 0 aliphatic rings. The van der Waals surface area contributed by atoms with E-state index in [1.807, 2.05) is 0 Å². The fraction of sp³-hybridized carbons (Fsp3) is 0.771. The minimum Gasteiger partial charge on any atom is -0.453 e. The summed E-state index contributed by atoms with van der Waals surface area (Å²) >= 11 is 16.2. The van der Waals surface area contributed by atoms with Crippen LogP contribution < -0.4 is 37.6 Å². The third-order valence-corrected chi connectivity index (χ3v) is 9.16. The molecule has 0 saturated heterocycles. The van der Waals surface area contributed by atoms with E-state index in [0.29, 0.717) is 81.8 Å². The maximum Gasteiger partial charge on any atom is 0.294 e. The number of amides is 7. The Hall–Kier alpha value is -2.88. The van der Waals surface area contributed by atoms with Crippen LogP contribution in [0, 0.1) is 0 Å². The van der Waals surface area contributed by atoms with Crippen LogP contribution in [0.25, 0.3) is 0 Å². The van der Waals surface area contributed by atoms with Gasteiger partial charge in [0.2, 0.25) is 41.4 Å². The molecule has 7 amide bonds. The van der Waals surface area contributed by atoms with E-state index in [1.54, 1.807) is 4.90 Å². The summed E-state index contributed by atoms with van der Waals surface area (Å²) < 4.78 is 4.59. The number of nitrogens with zero attached hydrogens (tertiary/aromatic N) is 1. The van der Waals surface area contributed by atoms with Crippen molar-refractivity contribution in [2.24, 2.45) is 5.73 Å². The Morgan fingerprint density at radius 3 is 1.54 bits per heavy atom. The monoisotopic (exact) mass is 868 g/mol. The van der Waals surface area contributed by atoms with E-state index in [1.165, 1.54) is 0 Å². The molecule has 0 fully saturated rings. The molecule has 0 spiro atoms. The van der Waals surface area contributed by atoms with Crippen molar-refractivity contribution < 1.29 is 43.1 Å².